The van der Waals surface area contributed by atoms with Gasteiger partial charge < -0.3 is 5.32 Å². The fraction of sp³-hybridized carbons (Fsp3) is 0.364. The van der Waals surface area contributed by atoms with Gasteiger partial charge in [-0.3, -0.25) is 4.79 Å². The topological polar surface area (TPSA) is 29.1 Å². The second kappa shape index (κ2) is 5.39. The van der Waals surface area contributed by atoms with Crippen LogP contribution in [-0.2, 0) is 4.79 Å². The van der Waals surface area contributed by atoms with Crippen molar-refractivity contribution < 1.29 is 13.6 Å². The van der Waals surface area contributed by atoms with Gasteiger partial charge in [0, 0.05) is 10.9 Å². The Labute approximate surface area is 101 Å². The summed E-state index contributed by atoms with van der Waals surface area (Å²) in [5, 5.41) is 2.23. The SMILES string of the molecule is CC(C)CC(=O)Nc1c(F)cc(Br)cc1F. The van der Waals surface area contributed by atoms with Gasteiger partial charge in [0.2, 0.25) is 5.91 Å². The third-order valence-corrected chi connectivity index (χ3v) is 2.32. The second-order valence-electron chi connectivity index (χ2n) is 3.89. The molecular weight excluding hydrogens is 280 g/mol. The average Bonchev–Trinajstić information content (AvgIpc) is 2.09. The molecule has 0 saturated heterocycles. The van der Waals surface area contributed by atoms with E-state index in [1.165, 1.54) is 0 Å². The van der Waals surface area contributed by atoms with Crippen LogP contribution in [0.25, 0.3) is 0 Å². The number of anilines is 1. The van der Waals surface area contributed by atoms with Crippen LogP contribution in [0.2, 0.25) is 0 Å². The number of amides is 1. The number of benzene rings is 1. The molecule has 0 aromatic heterocycles. The number of rotatable bonds is 3. The van der Waals surface area contributed by atoms with E-state index < -0.39 is 23.2 Å². The van der Waals surface area contributed by atoms with Gasteiger partial charge in [-0.05, 0) is 18.1 Å². The summed E-state index contributed by atoms with van der Waals surface area (Å²) in [6.07, 6.45) is 0.231. The maximum atomic E-state index is 13.3. The molecule has 88 valence electrons. The van der Waals surface area contributed by atoms with Crippen LogP contribution in [0, 0.1) is 17.6 Å². The molecule has 1 amide bonds. The number of hydrogen-bond acceptors (Lipinski definition) is 1. The van der Waals surface area contributed by atoms with Crippen molar-refractivity contribution in [2.24, 2.45) is 5.92 Å². The first-order chi connectivity index (χ1) is 7.40. The average molecular weight is 292 g/mol. The number of carbonyl (C=O) groups excluding carboxylic acids is 1. The van der Waals surface area contributed by atoms with Crippen LogP contribution in [0.5, 0.6) is 0 Å². The summed E-state index contributed by atoms with van der Waals surface area (Å²) >= 11 is 2.96. The molecule has 0 saturated carbocycles. The van der Waals surface area contributed by atoms with Gasteiger partial charge in [0.15, 0.2) is 11.6 Å². The van der Waals surface area contributed by atoms with Crippen LogP contribution in [0.3, 0.4) is 0 Å². The van der Waals surface area contributed by atoms with E-state index >= 15 is 0 Å². The van der Waals surface area contributed by atoms with Crippen molar-refractivity contribution in [3.63, 3.8) is 0 Å². The van der Waals surface area contributed by atoms with Gasteiger partial charge in [-0.25, -0.2) is 8.78 Å². The van der Waals surface area contributed by atoms with Crippen molar-refractivity contribution in [2.45, 2.75) is 20.3 Å². The highest BCUT2D eigenvalue weighted by atomic mass is 79.9. The van der Waals surface area contributed by atoms with E-state index in [1.807, 2.05) is 13.8 Å². The molecule has 2 nitrogen and oxygen atoms in total. The fourth-order valence-corrected chi connectivity index (χ4v) is 1.62. The highest BCUT2D eigenvalue weighted by Gasteiger charge is 2.14. The van der Waals surface area contributed by atoms with Crippen molar-refractivity contribution in [3.05, 3.63) is 28.2 Å². The molecular formula is C11H12BrF2NO. The number of halogens is 3. The third-order valence-electron chi connectivity index (χ3n) is 1.86. The molecule has 0 unspecified atom stereocenters. The molecule has 1 rings (SSSR count). The molecule has 1 aromatic rings. The Morgan fingerprint density at radius 3 is 2.31 bits per heavy atom. The summed E-state index contributed by atoms with van der Waals surface area (Å²) in [5.41, 5.74) is -0.395. The first-order valence-corrected chi connectivity index (χ1v) is 5.64. The maximum Gasteiger partial charge on any atom is 0.224 e. The van der Waals surface area contributed by atoms with E-state index in [0.29, 0.717) is 4.47 Å². The number of hydrogen-bond donors (Lipinski definition) is 1. The number of carbonyl (C=O) groups is 1. The van der Waals surface area contributed by atoms with E-state index in [-0.39, 0.29) is 12.3 Å². The number of nitrogens with one attached hydrogen (secondary N) is 1. The fourth-order valence-electron chi connectivity index (χ4n) is 1.22. The van der Waals surface area contributed by atoms with Gasteiger partial charge in [-0.2, -0.15) is 0 Å². The van der Waals surface area contributed by atoms with Crippen molar-refractivity contribution in [3.8, 4) is 0 Å². The molecule has 0 aliphatic carbocycles. The Kier molecular flexibility index (Phi) is 4.41. The lowest BCUT2D eigenvalue weighted by atomic mass is 10.1. The van der Waals surface area contributed by atoms with Crippen LogP contribution in [-0.4, -0.2) is 5.91 Å². The summed E-state index contributed by atoms with van der Waals surface area (Å²) < 4.78 is 26.9. The summed E-state index contributed by atoms with van der Waals surface area (Å²) in [6.45, 7) is 3.71. The molecule has 0 heterocycles. The summed E-state index contributed by atoms with van der Waals surface area (Å²) in [4.78, 5) is 11.4. The van der Waals surface area contributed by atoms with Gasteiger partial charge in [0.05, 0.1) is 0 Å². The lowest BCUT2D eigenvalue weighted by Gasteiger charge is -2.09. The molecule has 0 aliphatic rings. The van der Waals surface area contributed by atoms with Gasteiger partial charge in [-0.15, -0.1) is 0 Å². The molecule has 0 aliphatic heterocycles. The minimum Gasteiger partial charge on any atom is -0.321 e. The first-order valence-electron chi connectivity index (χ1n) is 4.84. The predicted molar refractivity (Wildman–Crippen MR) is 62.1 cm³/mol. The Balaban J connectivity index is 2.85. The summed E-state index contributed by atoms with van der Waals surface area (Å²) in [7, 11) is 0. The van der Waals surface area contributed by atoms with Gasteiger partial charge >= 0.3 is 0 Å². The molecule has 0 atom stereocenters. The van der Waals surface area contributed by atoms with Crippen LogP contribution >= 0.6 is 15.9 Å². The molecule has 0 bridgehead atoms. The molecule has 0 fully saturated rings. The van der Waals surface area contributed by atoms with Crippen molar-refractivity contribution in [1.82, 2.24) is 0 Å². The minimum atomic E-state index is -0.788. The third kappa shape index (κ3) is 3.56. The monoisotopic (exact) mass is 291 g/mol. The lowest BCUT2D eigenvalue weighted by molar-refractivity contribution is -0.116. The Morgan fingerprint density at radius 1 is 1.38 bits per heavy atom. The van der Waals surface area contributed by atoms with Crippen molar-refractivity contribution in [1.29, 1.82) is 0 Å². The minimum absolute atomic E-state index is 0.140. The van der Waals surface area contributed by atoms with Crippen LogP contribution < -0.4 is 5.32 Å². The highest BCUT2D eigenvalue weighted by molar-refractivity contribution is 9.10. The largest absolute Gasteiger partial charge is 0.321 e. The molecule has 0 radical (unpaired) electrons. The zero-order valence-corrected chi connectivity index (χ0v) is 10.6. The van der Waals surface area contributed by atoms with Crippen molar-refractivity contribution in [2.75, 3.05) is 5.32 Å². The molecule has 0 spiro atoms. The summed E-state index contributed by atoms with van der Waals surface area (Å²) in [6, 6.07) is 2.21. The van der Waals surface area contributed by atoms with Gasteiger partial charge in [0.1, 0.15) is 5.69 Å². The Hall–Kier alpha value is -0.970. The van der Waals surface area contributed by atoms with E-state index in [0.717, 1.165) is 12.1 Å². The van der Waals surface area contributed by atoms with E-state index in [2.05, 4.69) is 21.2 Å². The van der Waals surface area contributed by atoms with E-state index in [1.54, 1.807) is 0 Å². The highest BCUT2D eigenvalue weighted by Crippen LogP contribution is 2.24. The quantitative estimate of drug-likeness (QED) is 0.904. The van der Waals surface area contributed by atoms with Gasteiger partial charge in [0.25, 0.3) is 0 Å². The van der Waals surface area contributed by atoms with Crippen LogP contribution in [0.15, 0.2) is 16.6 Å². The normalized spacial score (nSPS) is 10.6. The predicted octanol–water partition coefficient (Wildman–Crippen LogP) is 3.71. The van der Waals surface area contributed by atoms with E-state index in [4.69, 9.17) is 0 Å². The zero-order valence-electron chi connectivity index (χ0n) is 8.98. The molecule has 5 heteroatoms. The summed E-state index contributed by atoms with van der Waals surface area (Å²) in [5.74, 6) is -1.83. The molecule has 1 aromatic carbocycles. The van der Waals surface area contributed by atoms with Crippen LogP contribution in [0.1, 0.15) is 20.3 Å². The molecule has 1 N–H and O–H groups in total. The second-order valence-corrected chi connectivity index (χ2v) is 4.81. The molecule has 16 heavy (non-hydrogen) atoms. The Bertz CT molecular complexity index is 384. The van der Waals surface area contributed by atoms with E-state index in [9.17, 15) is 13.6 Å². The van der Waals surface area contributed by atoms with Crippen LogP contribution in [0.4, 0.5) is 14.5 Å². The smallest absolute Gasteiger partial charge is 0.224 e. The van der Waals surface area contributed by atoms with Crippen molar-refractivity contribution >= 4 is 27.5 Å². The zero-order chi connectivity index (χ0) is 12.3. The standard InChI is InChI=1S/C11H12BrF2NO/c1-6(2)3-10(16)15-11-8(13)4-7(12)5-9(11)14/h4-6H,3H2,1-2H3,(H,15,16). The Morgan fingerprint density at radius 2 is 1.88 bits per heavy atom. The van der Waals surface area contributed by atoms with Gasteiger partial charge in [-0.1, -0.05) is 29.8 Å². The first kappa shape index (κ1) is 13.1. The maximum absolute atomic E-state index is 13.3. The lowest BCUT2D eigenvalue weighted by Crippen LogP contribution is -2.16.